The molecule has 5 heteroatoms. The largest absolute Gasteiger partial charge is 0.465 e. The first-order chi connectivity index (χ1) is 5.65. The molecule has 0 aliphatic heterocycles. The van der Waals surface area contributed by atoms with E-state index in [9.17, 15) is 0 Å². The summed E-state index contributed by atoms with van der Waals surface area (Å²) in [6.45, 7) is 1.11. The second kappa shape index (κ2) is 12.8. The Balaban J connectivity index is 0. The molecule has 0 saturated heterocycles. The molecule has 0 rings (SSSR count). The van der Waals surface area contributed by atoms with Crippen LogP contribution in [0.15, 0.2) is 0 Å². The number of carboxylic acid groups (broad SMARTS) is 1. The Bertz CT molecular complexity index is 88.7. The van der Waals surface area contributed by atoms with Crippen molar-refractivity contribution >= 4 is 6.09 Å². The van der Waals surface area contributed by atoms with Crippen LogP contribution in [-0.2, 0) is 0 Å². The Kier molecular flexibility index (Phi) is 14.7. The molecule has 0 spiro atoms. The van der Waals surface area contributed by atoms with E-state index in [2.05, 4.69) is 5.73 Å². The molecule has 6 N–H and O–H groups in total. The number of amides is 1. The molecule has 0 aliphatic rings. The first-order valence-corrected chi connectivity index (χ1v) is 3.94. The maximum Gasteiger partial charge on any atom is 0.402 e. The number of hydrogen-bond acceptors (Lipinski definition) is 3. The number of hydrogen-bond donors (Lipinski definition) is 4. The van der Waals surface area contributed by atoms with E-state index in [0.29, 0.717) is 6.61 Å². The van der Waals surface area contributed by atoms with Crippen molar-refractivity contribution in [3.63, 3.8) is 0 Å². The number of unbranched alkanes of at least 4 members (excludes halogenated alkanes) is 3. The molecule has 0 aromatic heterocycles. The normalized spacial score (nSPS) is 8.50. The predicted octanol–water partition coefficient (Wildman–Crippen LogP) is 0.121. The Morgan fingerprint density at radius 2 is 1.58 bits per heavy atom. The van der Waals surface area contributed by atoms with Crippen molar-refractivity contribution in [2.24, 2.45) is 11.5 Å². The van der Waals surface area contributed by atoms with Gasteiger partial charge in [0.15, 0.2) is 0 Å². The van der Waals surface area contributed by atoms with E-state index in [-0.39, 0.29) is 0 Å². The highest BCUT2D eigenvalue weighted by atomic mass is 16.4. The lowest BCUT2D eigenvalue weighted by molar-refractivity contribution is 0.205. The molecule has 0 heterocycles. The summed E-state index contributed by atoms with van der Waals surface area (Å²) in [5, 5.41) is 15.5. The van der Waals surface area contributed by atoms with Crippen molar-refractivity contribution in [3.8, 4) is 0 Å². The van der Waals surface area contributed by atoms with Gasteiger partial charge >= 0.3 is 6.09 Å². The lowest BCUT2D eigenvalue weighted by Crippen LogP contribution is -2.03. The minimum Gasteiger partial charge on any atom is -0.465 e. The number of aliphatic hydroxyl groups excluding tert-OH is 1. The van der Waals surface area contributed by atoms with Crippen LogP contribution in [0.3, 0.4) is 0 Å². The highest BCUT2D eigenvalue weighted by Crippen LogP contribution is 1.95. The molecule has 0 fully saturated rings. The van der Waals surface area contributed by atoms with Gasteiger partial charge in [0.25, 0.3) is 0 Å². The molecule has 0 atom stereocenters. The van der Waals surface area contributed by atoms with Crippen molar-refractivity contribution in [3.05, 3.63) is 0 Å². The van der Waals surface area contributed by atoms with Gasteiger partial charge in [-0.1, -0.05) is 12.8 Å². The van der Waals surface area contributed by atoms with Crippen molar-refractivity contribution in [2.45, 2.75) is 25.7 Å². The average molecular weight is 178 g/mol. The molecule has 0 bridgehead atoms. The van der Waals surface area contributed by atoms with E-state index in [1.165, 1.54) is 0 Å². The summed E-state index contributed by atoms with van der Waals surface area (Å²) in [6.07, 6.45) is 2.98. The van der Waals surface area contributed by atoms with Gasteiger partial charge in [-0.05, 0) is 19.4 Å². The summed E-state index contributed by atoms with van der Waals surface area (Å²) in [7, 11) is 0. The molecule has 1 amide bonds. The van der Waals surface area contributed by atoms with Crippen LogP contribution in [0, 0.1) is 0 Å². The highest BCUT2D eigenvalue weighted by molar-refractivity contribution is 5.61. The van der Waals surface area contributed by atoms with Gasteiger partial charge in [0.1, 0.15) is 0 Å². The topological polar surface area (TPSA) is 110 Å². The predicted molar refractivity (Wildman–Crippen MR) is 46.8 cm³/mol. The Morgan fingerprint density at radius 1 is 1.17 bits per heavy atom. The van der Waals surface area contributed by atoms with Crippen LogP contribution in [-0.4, -0.2) is 29.5 Å². The van der Waals surface area contributed by atoms with Gasteiger partial charge in [0.05, 0.1) is 0 Å². The van der Waals surface area contributed by atoms with Gasteiger partial charge < -0.3 is 21.7 Å². The standard InChI is InChI=1S/C6H15NO.CH3NO2/c7-5-3-1-2-4-6-8;2-1(3)4/h8H,1-7H2;2H2,(H,3,4). The van der Waals surface area contributed by atoms with E-state index in [1.54, 1.807) is 0 Å². The Labute approximate surface area is 72.4 Å². The number of carbonyl (C=O) groups is 1. The van der Waals surface area contributed by atoms with Gasteiger partial charge in [-0.15, -0.1) is 0 Å². The fraction of sp³-hybridized carbons (Fsp3) is 0.857. The minimum atomic E-state index is -1.33. The molecule has 0 aromatic carbocycles. The fourth-order valence-corrected chi connectivity index (χ4v) is 0.610. The number of rotatable bonds is 5. The third kappa shape index (κ3) is 35.1. The van der Waals surface area contributed by atoms with Crippen molar-refractivity contribution in [1.29, 1.82) is 0 Å². The summed E-state index contributed by atoms with van der Waals surface area (Å²) in [6, 6.07) is 0. The highest BCUT2D eigenvalue weighted by Gasteiger charge is 1.84. The Hall–Kier alpha value is -0.810. The quantitative estimate of drug-likeness (QED) is 0.448. The van der Waals surface area contributed by atoms with Gasteiger partial charge in [0, 0.05) is 6.61 Å². The molecule has 12 heavy (non-hydrogen) atoms. The molecule has 74 valence electrons. The fourth-order valence-electron chi connectivity index (χ4n) is 0.610. The summed E-state index contributed by atoms with van der Waals surface area (Å²) in [5.41, 5.74) is 9.28. The van der Waals surface area contributed by atoms with Crippen LogP contribution in [0.2, 0.25) is 0 Å². The van der Waals surface area contributed by atoms with Gasteiger partial charge in [-0.3, -0.25) is 0 Å². The van der Waals surface area contributed by atoms with E-state index < -0.39 is 6.09 Å². The molecule has 0 radical (unpaired) electrons. The second-order valence-electron chi connectivity index (χ2n) is 2.26. The molecular weight excluding hydrogens is 160 g/mol. The summed E-state index contributed by atoms with van der Waals surface area (Å²) >= 11 is 0. The summed E-state index contributed by atoms with van der Waals surface area (Å²) in [4.78, 5) is 8.78. The monoisotopic (exact) mass is 178 g/mol. The van der Waals surface area contributed by atoms with Crippen LogP contribution < -0.4 is 11.5 Å². The second-order valence-corrected chi connectivity index (χ2v) is 2.26. The minimum absolute atomic E-state index is 0.324. The van der Waals surface area contributed by atoms with Gasteiger partial charge in [-0.2, -0.15) is 0 Å². The molecule has 0 aliphatic carbocycles. The van der Waals surface area contributed by atoms with Crippen LogP contribution in [0.5, 0.6) is 0 Å². The zero-order valence-electron chi connectivity index (χ0n) is 7.20. The molecular formula is C7H18N2O3. The van der Waals surface area contributed by atoms with Crippen LogP contribution in [0.4, 0.5) is 4.79 Å². The van der Waals surface area contributed by atoms with E-state index in [0.717, 1.165) is 32.2 Å². The van der Waals surface area contributed by atoms with E-state index in [4.69, 9.17) is 20.7 Å². The van der Waals surface area contributed by atoms with Crippen molar-refractivity contribution in [2.75, 3.05) is 13.2 Å². The molecule has 0 unspecified atom stereocenters. The van der Waals surface area contributed by atoms with Crippen LogP contribution in [0.25, 0.3) is 0 Å². The number of nitrogens with two attached hydrogens (primary N) is 2. The zero-order valence-corrected chi connectivity index (χ0v) is 7.20. The van der Waals surface area contributed by atoms with Crippen LogP contribution >= 0.6 is 0 Å². The van der Waals surface area contributed by atoms with E-state index in [1.807, 2.05) is 0 Å². The number of primary amides is 1. The SMILES string of the molecule is NC(=O)O.NCCCCCCO. The zero-order chi connectivity index (χ0) is 9.82. The lowest BCUT2D eigenvalue weighted by Gasteiger charge is -1.93. The first-order valence-electron chi connectivity index (χ1n) is 3.94. The Morgan fingerprint density at radius 3 is 1.92 bits per heavy atom. The van der Waals surface area contributed by atoms with Crippen molar-refractivity contribution in [1.82, 2.24) is 0 Å². The van der Waals surface area contributed by atoms with Gasteiger partial charge in [0.2, 0.25) is 0 Å². The van der Waals surface area contributed by atoms with Crippen LogP contribution in [0.1, 0.15) is 25.7 Å². The van der Waals surface area contributed by atoms with Crippen molar-refractivity contribution < 1.29 is 15.0 Å². The molecule has 0 aromatic rings. The average Bonchev–Trinajstić information content (AvgIpc) is 1.97. The maximum absolute atomic E-state index is 8.78. The third-order valence-electron chi connectivity index (χ3n) is 1.11. The van der Waals surface area contributed by atoms with E-state index >= 15 is 0 Å². The molecule has 0 saturated carbocycles. The maximum atomic E-state index is 8.78. The smallest absolute Gasteiger partial charge is 0.402 e. The third-order valence-corrected chi connectivity index (χ3v) is 1.11. The molecule has 5 nitrogen and oxygen atoms in total. The number of aliphatic hydroxyl groups is 1. The summed E-state index contributed by atoms with van der Waals surface area (Å²) < 4.78 is 0. The summed E-state index contributed by atoms with van der Waals surface area (Å²) in [5.74, 6) is 0. The lowest BCUT2D eigenvalue weighted by atomic mass is 10.2. The van der Waals surface area contributed by atoms with Gasteiger partial charge in [-0.25, -0.2) is 4.79 Å². The first kappa shape index (κ1) is 13.8.